The van der Waals surface area contributed by atoms with Crippen LogP contribution in [-0.2, 0) is 4.79 Å². The first-order valence-electron chi connectivity index (χ1n) is 9.14. The number of aryl methyl sites for hydroxylation is 1. The molecule has 0 aliphatic carbocycles. The number of pyridine rings is 1. The van der Waals surface area contributed by atoms with Crippen LogP contribution in [-0.4, -0.2) is 44.1 Å². The third kappa shape index (κ3) is 3.16. The monoisotopic (exact) mass is 412 g/mol. The lowest BCUT2D eigenvalue weighted by Gasteiger charge is -2.20. The van der Waals surface area contributed by atoms with Gasteiger partial charge in [0, 0.05) is 25.8 Å². The van der Waals surface area contributed by atoms with E-state index in [4.69, 9.17) is 17.2 Å². The molecule has 0 bridgehead atoms. The Balaban J connectivity index is 1.90. The fraction of sp³-hybridized carbons (Fsp3) is 0.300. The van der Waals surface area contributed by atoms with Gasteiger partial charge in [0.25, 0.3) is 11.5 Å². The fourth-order valence-corrected chi connectivity index (χ4v) is 4.77. The minimum absolute atomic E-state index is 0.176. The lowest BCUT2D eigenvalue weighted by molar-refractivity contribution is -0.121. The highest BCUT2D eigenvalue weighted by molar-refractivity contribution is 8.26. The standard InChI is InChI=1S/C20H20N4O2S2/c1-3-8-24-19(26)15(28-20(24)27)12-14-17(22-9-4-5-10-22)21-16-13(2)7-6-11-23(16)18(14)25/h3,6-7,11-12H,1,4-5,8-10H2,2H3/b15-12+. The molecule has 8 heteroatoms. The molecule has 4 rings (SSSR count). The normalized spacial score (nSPS) is 18.7. The van der Waals surface area contributed by atoms with Crippen molar-refractivity contribution in [3.63, 3.8) is 0 Å². The quantitative estimate of drug-likeness (QED) is 0.437. The average Bonchev–Trinajstić information content (AvgIpc) is 3.29. The number of hydrogen-bond donors (Lipinski definition) is 0. The minimum Gasteiger partial charge on any atom is -0.356 e. The summed E-state index contributed by atoms with van der Waals surface area (Å²) in [5.74, 6) is 0.446. The van der Waals surface area contributed by atoms with Gasteiger partial charge in [-0.3, -0.25) is 18.9 Å². The van der Waals surface area contributed by atoms with Crippen LogP contribution in [0.5, 0.6) is 0 Å². The van der Waals surface area contributed by atoms with Gasteiger partial charge in [0.05, 0.1) is 10.5 Å². The molecule has 0 N–H and O–H groups in total. The summed E-state index contributed by atoms with van der Waals surface area (Å²) >= 11 is 6.53. The van der Waals surface area contributed by atoms with Crippen LogP contribution in [0.25, 0.3) is 11.7 Å². The number of thiocarbonyl (C=S) groups is 1. The van der Waals surface area contributed by atoms with Crippen molar-refractivity contribution < 1.29 is 4.79 Å². The zero-order chi connectivity index (χ0) is 19.8. The van der Waals surface area contributed by atoms with Crippen molar-refractivity contribution in [1.82, 2.24) is 14.3 Å². The molecule has 0 saturated carbocycles. The predicted molar refractivity (Wildman–Crippen MR) is 118 cm³/mol. The second-order valence-electron chi connectivity index (χ2n) is 6.81. The van der Waals surface area contributed by atoms with E-state index in [1.165, 1.54) is 16.7 Å². The Hall–Kier alpha value is -2.45. The maximum atomic E-state index is 13.3. The van der Waals surface area contributed by atoms with Crippen LogP contribution in [0.4, 0.5) is 5.82 Å². The number of rotatable bonds is 4. The Morgan fingerprint density at radius 3 is 2.79 bits per heavy atom. The Kier molecular flexibility index (Phi) is 5.07. The van der Waals surface area contributed by atoms with Crippen molar-refractivity contribution in [2.45, 2.75) is 19.8 Å². The van der Waals surface area contributed by atoms with Crippen LogP contribution in [0.15, 0.2) is 40.7 Å². The van der Waals surface area contributed by atoms with E-state index < -0.39 is 0 Å². The van der Waals surface area contributed by atoms with Crippen LogP contribution < -0.4 is 10.5 Å². The van der Waals surface area contributed by atoms with E-state index in [1.54, 1.807) is 22.7 Å². The van der Waals surface area contributed by atoms with Crippen molar-refractivity contribution in [2.24, 2.45) is 0 Å². The summed E-state index contributed by atoms with van der Waals surface area (Å²) < 4.78 is 2.02. The molecule has 28 heavy (non-hydrogen) atoms. The number of fused-ring (bicyclic) bond motifs is 1. The van der Waals surface area contributed by atoms with Gasteiger partial charge in [-0.1, -0.05) is 36.1 Å². The summed E-state index contributed by atoms with van der Waals surface area (Å²) in [5.41, 5.74) is 1.84. The Morgan fingerprint density at radius 2 is 2.07 bits per heavy atom. The first-order chi connectivity index (χ1) is 13.5. The number of amides is 1. The van der Waals surface area contributed by atoms with E-state index in [0.717, 1.165) is 31.5 Å². The average molecular weight is 413 g/mol. The van der Waals surface area contributed by atoms with Crippen LogP contribution in [0.3, 0.4) is 0 Å². The Morgan fingerprint density at radius 1 is 1.32 bits per heavy atom. The molecule has 4 heterocycles. The van der Waals surface area contributed by atoms with Gasteiger partial charge < -0.3 is 4.90 Å². The van der Waals surface area contributed by atoms with Crippen molar-refractivity contribution in [1.29, 1.82) is 0 Å². The van der Waals surface area contributed by atoms with Gasteiger partial charge in [-0.2, -0.15) is 0 Å². The summed E-state index contributed by atoms with van der Waals surface area (Å²) in [4.78, 5) is 34.9. The first-order valence-corrected chi connectivity index (χ1v) is 10.4. The molecule has 0 aromatic carbocycles. The molecular formula is C20H20N4O2S2. The second-order valence-corrected chi connectivity index (χ2v) is 8.49. The van der Waals surface area contributed by atoms with E-state index in [1.807, 2.05) is 19.1 Å². The van der Waals surface area contributed by atoms with Gasteiger partial charge in [-0.15, -0.1) is 6.58 Å². The zero-order valence-corrected chi connectivity index (χ0v) is 17.2. The van der Waals surface area contributed by atoms with Gasteiger partial charge in [0.15, 0.2) is 0 Å². The van der Waals surface area contributed by atoms with E-state index in [2.05, 4.69) is 11.5 Å². The maximum absolute atomic E-state index is 13.3. The van der Waals surface area contributed by atoms with Gasteiger partial charge in [-0.25, -0.2) is 4.98 Å². The molecule has 2 aliphatic rings. The molecule has 2 aromatic rings. The van der Waals surface area contributed by atoms with Crippen LogP contribution in [0.2, 0.25) is 0 Å². The summed E-state index contributed by atoms with van der Waals surface area (Å²) in [7, 11) is 0. The number of thioether (sulfide) groups is 1. The van der Waals surface area contributed by atoms with Crippen molar-refractivity contribution in [3.8, 4) is 0 Å². The summed E-state index contributed by atoms with van der Waals surface area (Å²) in [6.07, 6.45) is 7.13. The van der Waals surface area contributed by atoms with Gasteiger partial charge >= 0.3 is 0 Å². The summed E-state index contributed by atoms with van der Waals surface area (Å²) in [6.45, 7) is 7.68. The minimum atomic E-state index is -0.198. The molecule has 144 valence electrons. The van der Waals surface area contributed by atoms with E-state index in [-0.39, 0.29) is 11.5 Å². The molecule has 0 radical (unpaired) electrons. The first kappa shape index (κ1) is 18.9. The second kappa shape index (κ2) is 7.52. The third-order valence-electron chi connectivity index (χ3n) is 4.93. The maximum Gasteiger partial charge on any atom is 0.267 e. The molecule has 0 spiro atoms. The Labute approximate surface area is 172 Å². The van der Waals surface area contributed by atoms with E-state index in [9.17, 15) is 9.59 Å². The number of carbonyl (C=O) groups is 1. The predicted octanol–water partition coefficient (Wildman–Crippen LogP) is 2.99. The highest BCUT2D eigenvalue weighted by Gasteiger charge is 2.32. The molecule has 2 fully saturated rings. The smallest absolute Gasteiger partial charge is 0.267 e. The molecule has 0 unspecified atom stereocenters. The SMILES string of the molecule is C=CCN1C(=O)/C(=C\c2c(N3CCCC3)nc3c(C)cccn3c2=O)SC1=S. The van der Waals surface area contributed by atoms with Gasteiger partial charge in [-0.05, 0) is 37.5 Å². The van der Waals surface area contributed by atoms with Crippen molar-refractivity contribution in [2.75, 3.05) is 24.5 Å². The van der Waals surface area contributed by atoms with Crippen LogP contribution in [0, 0.1) is 6.92 Å². The lowest BCUT2D eigenvalue weighted by atomic mass is 10.2. The summed E-state index contributed by atoms with van der Waals surface area (Å²) in [6, 6.07) is 3.77. The highest BCUT2D eigenvalue weighted by Crippen LogP contribution is 2.33. The number of anilines is 1. The highest BCUT2D eigenvalue weighted by atomic mass is 32.2. The summed E-state index contributed by atoms with van der Waals surface area (Å²) in [5, 5.41) is 0. The molecule has 1 amide bonds. The van der Waals surface area contributed by atoms with E-state index in [0.29, 0.717) is 32.8 Å². The fourth-order valence-electron chi connectivity index (χ4n) is 3.51. The van der Waals surface area contributed by atoms with Gasteiger partial charge in [0.2, 0.25) is 0 Å². The van der Waals surface area contributed by atoms with Crippen LogP contribution >= 0.6 is 24.0 Å². The Bertz CT molecular complexity index is 1080. The van der Waals surface area contributed by atoms with Crippen LogP contribution in [0.1, 0.15) is 24.0 Å². The van der Waals surface area contributed by atoms with Gasteiger partial charge in [0.1, 0.15) is 15.8 Å². The molecule has 0 atom stereocenters. The molecule has 2 aromatic heterocycles. The third-order valence-corrected chi connectivity index (χ3v) is 6.31. The number of aromatic nitrogens is 2. The topological polar surface area (TPSA) is 57.9 Å². The van der Waals surface area contributed by atoms with Crippen molar-refractivity contribution >= 4 is 51.7 Å². The molecular weight excluding hydrogens is 392 g/mol. The number of carbonyl (C=O) groups excluding carboxylic acids is 1. The number of hydrogen-bond acceptors (Lipinski definition) is 6. The largest absolute Gasteiger partial charge is 0.356 e. The number of nitrogens with zero attached hydrogens (tertiary/aromatic N) is 4. The van der Waals surface area contributed by atoms with Crippen molar-refractivity contribution in [3.05, 3.63) is 57.4 Å². The lowest BCUT2D eigenvalue weighted by Crippen LogP contribution is -2.29. The molecule has 2 aliphatic heterocycles. The molecule has 2 saturated heterocycles. The zero-order valence-electron chi connectivity index (χ0n) is 15.6. The molecule has 6 nitrogen and oxygen atoms in total. The van der Waals surface area contributed by atoms with E-state index >= 15 is 0 Å².